The van der Waals surface area contributed by atoms with E-state index in [2.05, 4.69) is 5.32 Å². The molecule has 1 aromatic rings. The second kappa shape index (κ2) is 6.57. The molecule has 3 N–H and O–H groups in total. The van der Waals surface area contributed by atoms with Crippen LogP contribution < -0.4 is 11.1 Å². The van der Waals surface area contributed by atoms with Gasteiger partial charge in [-0.25, -0.2) is 0 Å². The lowest BCUT2D eigenvalue weighted by Gasteiger charge is -2.38. The van der Waals surface area contributed by atoms with E-state index < -0.39 is 6.04 Å². The summed E-state index contributed by atoms with van der Waals surface area (Å²) in [6.45, 7) is 3.58. The van der Waals surface area contributed by atoms with E-state index in [-0.39, 0.29) is 11.3 Å². The first-order valence-corrected chi connectivity index (χ1v) is 7.29. The molecule has 20 heavy (non-hydrogen) atoms. The molecule has 1 saturated heterocycles. The number of hydrogen-bond donors (Lipinski definition) is 2. The number of carbonyl (C=O) groups is 1. The highest BCUT2D eigenvalue weighted by atomic mass is 35.5. The van der Waals surface area contributed by atoms with Crippen molar-refractivity contribution in [3.05, 3.63) is 34.9 Å². The van der Waals surface area contributed by atoms with Gasteiger partial charge < -0.3 is 15.8 Å². The summed E-state index contributed by atoms with van der Waals surface area (Å²) >= 11 is 6.35. The van der Waals surface area contributed by atoms with Gasteiger partial charge in [-0.05, 0) is 31.4 Å². The molecule has 1 atom stereocenters. The molecular weight excluding hydrogens is 276 g/mol. The topological polar surface area (TPSA) is 64.4 Å². The van der Waals surface area contributed by atoms with Gasteiger partial charge in [-0.15, -0.1) is 0 Å². The largest absolute Gasteiger partial charge is 0.381 e. The molecule has 1 amide bonds. The molecule has 1 aromatic carbocycles. The fourth-order valence-corrected chi connectivity index (χ4v) is 2.95. The van der Waals surface area contributed by atoms with E-state index in [9.17, 15) is 4.79 Å². The van der Waals surface area contributed by atoms with Gasteiger partial charge in [0.1, 0.15) is 0 Å². The third-order valence-corrected chi connectivity index (χ3v) is 4.24. The monoisotopic (exact) mass is 296 g/mol. The van der Waals surface area contributed by atoms with Crippen LogP contribution in [0.15, 0.2) is 24.3 Å². The zero-order chi connectivity index (χ0) is 14.6. The minimum Gasteiger partial charge on any atom is -0.381 e. The van der Waals surface area contributed by atoms with E-state index in [0.29, 0.717) is 19.8 Å². The first kappa shape index (κ1) is 15.3. The summed E-state index contributed by atoms with van der Waals surface area (Å²) in [7, 11) is 0. The van der Waals surface area contributed by atoms with Crippen molar-refractivity contribution in [1.29, 1.82) is 0 Å². The van der Waals surface area contributed by atoms with Crippen molar-refractivity contribution in [3.8, 4) is 0 Å². The average molecular weight is 297 g/mol. The molecule has 0 bridgehead atoms. The van der Waals surface area contributed by atoms with Gasteiger partial charge >= 0.3 is 0 Å². The number of halogens is 1. The normalized spacial score (nSPS) is 19.4. The van der Waals surface area contributed by atoms with Crippen LogP contribution in [0.4, 0.5) is 0 Å². The van der Waals surface area contributed by atoms with Crippen LogP contribution in [0.25, 0.3) is 0 Å². The minimum atomic E-state index is -0.502. The van der Waals surface area contributed by atoms with Crippen LogP contribution >= 0.6 is 11.6 Å². The van der Waals surface area contributed by atoms with Gasteiger partial charge in [0.05, 0.1) is 6.04 Å². The van der Waals surface area contributed by atoms with E-state index in [1.807, 2.05) is 24.3 Å². The number of ether oxygens (including phenoxy) is 1. The maximum Gasteiger partial charge on any atom is 0.236 e. The van der Waals surface area contributed by atoms with Gasteiger partial charge in [-0.3, -0.25) is 4.79 Å². The van der Waals surface area contributed by atoms with E-state index in [4.69, 9.17) is 22.1 Å². The molecule has 1 aliphatic rings. The smallest absolute Gasteiger partial charge is 0.236 e. The number of carbonyl (C=O) groups excluding carboxylic acids is 1. The molecule has 0 aliphatic carbocycles. The summed E-state index contributed by atoms with van der Waals surface area (Å²) in [5.41, 5.74) is 6.51. The number of nitrogens with one attached hydrogen (secondary N) is 1. The number of rotatable bonds is 4. The summed E-state index contributed by atoms with van der Waals surface area (Å²) in [6.07, 6.45) is 1.69. The third-order valence-electron chi connectivity index (χ3n) is 3.91. The van der Waals surface area contributed by atoms with Crippen molar-refractivity contribution in [1.82, 2.24) is 5.32 Å². The van der Waals surface area contributed by atoms with Crippen LogP contribution in [0.3, 0.4) is 0 Å². The van der Waals surface area contributed by atoms with Crippen molar-refractivity contribution < 1.29 is 9.53 Å². The van der Waals surface area contributed by atoms with Gasteiger partial charge in [0.25, 0.3) is 0 Å². The van der Waals surface area contributed by atoms with Crippen LogP contribution in [0.2, 0.25) is 5.02 Å². The highest BCUT2D eigenvalue weighted by Crippen LogP contribution is 2.38. The lowest BCUT2D eigenvalue weighted by atomic mass is 9.74. The second-order valence-electron chi connectivity index (χ2n) is 5.38. The Hall–Kier alpha value is -1.10. The van der Waals surface area contributed by atoms with E-state index in [1.165, 1.54) is 0 Å². The molecule has 5 heteroatoms. The molecule has 110 valence electrons. The maximum atomic E-state index is 11.7. The minimum absolute atomic E-state index is 0.136. The van der Waals surface area contributed by atoms with Crippen LogP contribution in [0.5, 0.6) is 0 Å². The van der Waals surface area contributed by atoms with Gasteiger partial charge in [0.15, 0.2) is 0 Å². The summed E-state index contributed by atoms with van der Waals surface area (Å²) in [6, 6.07) is 7.32. The van der Waals surface area contributed by atoms with Gasteiger partial charge in [-0.1, -0.05) is 29.8 Å². The lowest BCUT2D eigenvalue weighted by Crippen LogP contribution is -2.48. The molecule has 1 aliphatic heterocycles. The maximum absolute atomic E-state index is 11.7. The first-order valence-electron chi connectivity index (χ1n) is 6.91. The van der Waals surface area contributed by atoms with Crippen LogP contribution in [-0.2, 0) is 14.9 Å². The van der Waals surface area contributed by atoms with E-state index in [1.54, 1.807) is 6.92 Å². The van der Waals surface area contributed by atoms with Gasteiger partial charge in [0.2, 0.25) is 5.91 Å². The fourth-order valence-electron chi connectivity index (χ4n) is 2.61. The summed E-state index contributed by atoms with van der Waals surface area (Å²) in [4.78, 5) is 11.7. The van der Waals surface area contributed by atoms with E-state index >= 15 is 0 Å². The summed E-state index contributed by atoms with van der Waals surface area (Å²) in [5, 5.41) is 3.68. The molecule has 0 saturated carbocycles. The second-order valence-corrected chi connectivity index (χ2v) is 5.79. The average Bonchev–Trinajstić information content (AvgIpc) is 2.46. The Labute approximate surface area is 124 Å². The Morgan fingerprint density at radius 2 is 2.10 bits per heavy atom. The van der Waals surface area contributed by atoms with Crippen molar-refractivity contribution in [2.24, 2.45) is 5.73 Å². The molecule has 0 aromatic heterocycles. The molecule has 0 unspecified atom stereocenters. The van der Waals surface area contributed by atoms with Gasteiger partial charge in [0, 0.05) is 30.2 Å². The third kappa shape index (κ3) is 3.32. The Kier molecular flexibility index (Phi) is 5.02. The van der Waals surface area contributed by atoms with Crippen molar-refractivity contribution >= 4 is 17.5 Å². The molecule has 0 spiro atoms. The number of benzene rings is 1. The van der Waals surface area contributed by atoms with Crippen molar-refractivity contribution in [2.45, 2.75) is 31.2 Å². The summed E-state index contributed by atoms with van der Waals surface area (Å²) < 4.78 is 5.46. The van der Waals surface area contributed by atoms with Gasteiger partial charge in [-0.2, -0.15) is 0 Å². The highest BCUT2D eigenvalue weighted by molar-refractivity contribution is 6.31. The van der Waals surface area contributed by atoms with Crippen LogP contribution in [0.1, 0.15) is 25.3 Å². The zero-order valence-electron chi connectivity index (χ0n) is 11.7. The Balaban J connectivity index is 2.22. The lowest BCUT2D eigenvalue weighted by molar-refractivity contribution is -0.122. The summed E-state index contributed by atoms with van der Waals surface area (Å²) in [5.74, 6) is -0.136. The SMILES string of the molecule is C[C@H](N)C(=O)NCC1(c2ccccc2Cl)CCOCC1. The standard InChI is InChI=1S/C15H21ClN2O2/c1-11(17)14(19)18-10-15(6-8-20-9-7-15)12-4-2-3-5-13(12)16/h2-5,11H,6-10,17H2,1H3,(H,18,19)/t11-/m0/s1. The Morgan fingerprint density at radius 3 is 2.70 bits per heavy atom. The molecule has 1 fully saturated rings. The Morgan fingerprint density at radius 1 is 1.45 bits per heavy atom. The van der Waals surface area contributed by atoms with Crippen LogP contribution in [-0.4, -0.2) is 31.7 Å². The predicted octanol–water partition coefficient (Wildman–Crippen LogP) is 1.85. The Bertz CT molecular complexity index is 471. The quantitative estimate of drug-likeness (QED) is 0.891. The molecule has 2 rings (SSSR count). The van der Waals surface area contributed by atoms with Crippen molar-refractivity contribution in [2.75, 3.05) is 19.8 Å². The number of nitrogens with two attached hydrogens (primary N) is 1. The molecule has 4 nitrogen and oxygen atoms in total. The zero-order valence-corrected chi connectivity index (χ0v) is 12.5. The highest BCUT2D eigenvalue weighted by Gasteiger charge is 2.36. The van der Waals surface area contributed by atoms with E-state index in [0.717, 1.165) is 23.4 Å². The fraction of sp³-hybridized carbons (Fsp3) is 0.533. The predicted molar refractivity (Wildman–Crippen MR) is 79.8 cm³/mol. The molecule has 0 radical (unpaired) electrons. The first-order chi connectivity index (χ1) is 9.55. The molecule has 1 heterocycles. The number of hydrogen-bond acceptors (Lipinski definition) is 3. The van der Waals surface area contributed by atoms with Crippen molar-refractivity contribution in [3.63, 3.8) is 0 Å². The molecular formula is C15H21ClN2O2. The van der Waals surface area contributed by atoms with Crippen LogP contribution in [0, 0.1) is 0 Å². The number of amides is 1.